The summed E-state index contributed by atoms with van der Waals surface area (Å²) in [5.41, 5.74) is 1.18. The fourth-order valence-electron chi connectivity index (χ4n) is 2.91. The molecular formula is C18H14N4O5. The van der Waals surface area contributed by atoms with Crippen LogP contribution in [0.25, 0.3) is 11.5 Å². The van der Waals surface area contributed by atoms with Crippen LogP contribution in [0.1, 0.15) is 32.2 Å². The Morgan fingerprint density at radius 2 is 1.70 bits per heavy atom. The summed E-state index contributed by atoms with van der Waals surface area (Å²) in [6.07, 6.45) is 0. The van der Waals surface area contributed by atoms with E-state index in [1.807, 2.05) is 0 Å². The van der Waals surface area contributed by atoms with Gasteiger partial charge in [-0.3, -0.25) is 24.6 Å². The summed E-state index contributed by atoms with van der Waals surface area (Å²) >= 11 is 0. The minimum absolute atomic E-state index is 0.134. The molecule has 0 atom stereocenters. The number of rotatable bonds is 4. The van der Waals surface area contributed by atoms with Crippen LogP contribution in [0.15, 0.2) is 39.2 Å². The van der Waals surface area contributed by atoms with Crippen LogP contribution < -0.4 is 5.32 Å². The molecule has 3 heterocycles. The third-order valence-corrected chi connectivity index (χ3v) is 4.12. The first-order chi connectivity index (χ1) is 12.9. The normalized spacial score (nSPS) is 13.2. The number of amides is 3. The van der Waals surface area contributed by atoms with Gasteiger partial charge in [0.2, 0.25) is 5.91 Å². The van der Waals surface area contributed by atoms with Gasteiger partial charge in [0.15, 0.2) is 0 Å². The van der Waals surface area contributed by atoms with E-state index >= 15 is 0 Å². The van der Waals surface area contributed by atoms with Crippen molar-refractivity contribution in [3.05, 3.63) is 53.0 Å². The van der Waals surface area contributed by atoms with Gasteiger partial charge in [0.05, 0.1) is 16.7 Å². The number of fused-ring (bicyclic) bond motifs is 1. The molecule has 0 unspecified atom stereocenters. The van der Waals surface area contributed by atoms with E-state index < -0.39 is 24.3 Å². The lowest BCUT2D eigenvalue weighted by atomic mass is 10.1. The van der Waals surface area contributed by atoms with Gasteiger partial charge in [0, 0.05) is 0 Å². The van der Waals surface area contributed by atoms with Gasteiger partial charge in [-0.25, -0.2) is 0 Å². The Balaban J connectivity index is 1.46. The Hall–Kier alpha value is -3.75. The predicted molar refractivity (Wildman–Crippen MR) is 91.9 cm³/mol. The van der Waals surface area contributed by atoms with Gasteiger partial charge in [-0.15, -0.1) is 5.10 Å². The molecule has 9 nitrogen and oxygen atoms in total. The van der Waals surface area contributed by atoms with Crippen molar-refractivity contribution in [1.29, 1.82) is 0 Å². The van der Waals surface area contributed by atoms with E-state index in [2.05, 4.69) is 15.5 Å². The molecule has 0 radical (unpaired) electrons. The maximum atomic E-state index is 12.3. The van der Waals surface area contributed by atoms with Gasteiger partial charge in [0.25, 0.3) is 17.7 Å². The van der Waals surface area contributed by atoms with Crippen LogP contribution in [0, 0.1) is 13.8 Å². The summed E-state index contributed by atoms with van der Waals surface area (Å²) in [7, 11) is 0. The molecule has 136 valence electrons. The third kappa shape index (κ3) is 2.88. The highest BCUT2D eigenvalue weighted by Gasteiger charge is 2.36. The van der Waals surface area contributed by atoms with Crippen molar-refractivity contribution in [3.63, 3.8) is 0 Å². The molecular weight excluding hydrogens is 352 g/mol. The second-order valence-corrected chi connectivity index (χ2v) is 6.03. The minimum Gasteiger partial charge on any atom is -0.466 e. The fraction of sp³-hybridized carbons (Fsp3) is 0.167. The monoisotopic (exact) mass is 366 g/mol. The number of aromatic nitrogens is 2. The molecule has 0 fully saturated rings. The molecule has 1 aliphatic rings. The lowest BCUT2D eigenvalue weighted by molar-refractivity contribution is -0.116. The van der Waals surface area contributed by atoms with Gasteiger partial charge in [-0.05, 0) is 32.0 Å². The summed E-state index contributed by atoms with van der Waals surface area (Å²) in [5.74, 6) is -0.153. The number of carbonyl (C=O) groups is 3. The van der Waals surface area contributed by atoms with Crippen LogP contribution in [0.4, 0.5) is 6.01 Å². The molecule has 1 N–H and O–H groups in total. The maximum Gasteiger partial charge on any atom is 0.322 e. The molecule has 3 amide bonds. The molecule has 9 heteroatoms. The summed E-state index contributed by atoms with van der Waals surface area (Å²) in [4.78, 5) is 37.7. The second kappa shape index (κ2) is 6.20. The summed E-state index contributed by atoms with van der Waals surface area (Å²) < 4.78 is 10.8. The van der Waals surface area contributed by atoms with E-state index in [1.165, 1.54) is 0 Å². The van der Waals surface area contributed by atoms with Crippen molar-refractivity contribution in [2.24, 2.45) is 0 Å². The molecule has 4 rings (SSSR count). The Labute approximate surface area is 153 Å². The van der Waals surface area contributed by atoms with Crippen LogP contribution >= 0.6 is 0 Å². The number of aryl methyl sites for hydroxylation is 2. The van der Waals surface area contributed by atoms with E-state index in [4.69, 9.17) is 8.83 Å². The first-order valence-corrected chi connectivity index (χ1v) is 8.10. The number of furan rings is 1. The van der Waals surface area contributed by atoms with Crippen molar-refractivity contribution in [3.8, 4) is 11.5 Å². The summed E-state index contributed by atoms with van der Waals surface area (Å²) in [6, 6.07) is 8.03. The Morgan fingerprint density at radius 1 is 1.04 bits per heavy atom. The van der Waals surface area contributed by atoms with E-state index in [9.17, 15) is 14.4 Å². The zero-order valence-electron chi connectivity index (χ0n) is 14.5. The van der Waals surface area contributed by atoms with Crippen LogP contribution in [-0.2, 0) is 4.79 Å². The van der Waals surface area contributed by atoms with Crippen molar-refractivity contribution in [1.82, 2.24) is 15.1 Å². The van der Waals surface area contributed by atoms with Crippen LogP contribution in [-0.4, -0.2) is 39.4 Å². The quantitative estimate of drug-likeness (QED) is 0.703. The van der Waals surface area contributed by atoms with Gasteiger partial charge < -0.3 is 8.83 Å². The number of nitrogens with zero attached hydrogens (tertiary/aromatic N) is 3. The molecule has 1 aliphatic heterocycles. The molecule has 2 aromatic heterocycles. The zero-order chi connectivity index (χ0) is 19.1. The molecule has 0 saturated carbocycles. The number of hydrogen-bond acceptors (Lipinski definition) is 7. The van der Waals surface area contributed by atoms with Crippen LogP contribution in [0.3, 0.4) is 0 Å². The van der Waals surface area contributed by atoms with E-state index in [-0.39, 0.29) is 23.0 Å². The van der Waals surface area contributed by atoms with E-state index in [0.29, 0.717) is 17.1 Å². The first-order valence-electron chi connectivity index (χ1n) is 8.10. The highest BCUT2D eigenvalue weighted by Crippen LogP contribution is 2.26. The number of carbonyl (C=O) groups excluding carboxylic acids is 3. The van der Waals surface area contributed by atoms with Gasteiger partial charge in [-0.2, -0.15) is 0 Å². The SMILES string of the molecule is Cc1cc(-c2nnc(NC(=O)CN3C(=O)c4ccccc4C3=O)o2)c(C)o1. The van der Waals surface area contributed by atoms with E-state index in [0.717, 1.165) is 4.90 Å². The minimum atomic E-state index is -0.625. The molecule has 3 aromatic rings. The molecule has 0 spiro atoms. The number of nitrogens with one attached hydrogen (secondary N) is 1. The largest absolute Gasteiger partial charge is 0.466 e. The lowest BCUT2D eigenvalue weighted by Gasteiger charge is -2.12. The lowest BCUT2D eigenvalue weighted by Crippen LogP contribution is -2.37. The third-order valence-electron chi connectivity index (χ3n) is 4.12. The number of benzene rings is 1. The molecule has 0 bridgehead atoms. The topological polar surface area (TPSA) is 119 Å². The predicted octanol–water partition coefficient (Wildman–Crippen LogP) is 2.18. The maximum absolute atomic E-state index is 12.3. The van der Waals surface area contributed by atoms with Crippen LogP contribution in [0.2, 0.25) is 0 Å². The first kappa shape index (κ1) is 16.7. The van der Waals surface area contributed by atoms with Gasteiger partial charge >= 0.3 is 6.01 Å². The Kier molecular flexibility index (Phi) is 3.84. The van der Waals surface area contributed by atoms with Crippen molar-refractivity contribution < 1.29 is 23.2 Å². The molecule has 0 saturated heterocycles. The summed E-state index contributed by atoms with van der Waals surface area (Å²) in [5, 5.41) is 10.0. The number of anilines is 1. The second-order valence-electron chi connectivity index (χ2n) is 6.03. The highest BCUT2D eigenvalue weighted by molar-refractivity contribution is 6.22. The van der Waals surface area contributed by atoms with Crippen LogP contribution in [0.5, 0.6) is 0 Å². The molecule has 27 heavy (non-hydrogen) atoms. The summed E-state index contributed by atoms with van der Waals surface area (Å²) in [6.45, 7) is 3.10. The average molecular weight is 366 g/mol. The van der Waals surface area contributed by atoms with E-state index in [1.54, 1.807) is 44.2 Å². The number of imide groups is 1. The Morgan fingerprint density at radius 3 is 2.30 bits per heavy atom. The Bertz CT molecular complexity index is 1050. The van der Waals surface area contributed by atoms with Crippen molar-refractivity contribution in [2.45, 2.75) is 13.8 Å². The standard InChI is InChI=1S/C18H14N4O5/c1-9-7-13(10(2)26-9)15-20-21-18(27-15)19-14(23)8-22-16(24)11-5-3-4-6-12(11)17(22)25/h3-7H,8H2,1-2H3,(H,19,21,23). The molecule has 0 aliphatic carbocycles. The smallest absolute Gasteiger partial charge is 0.322 e. The fourth-order valence-corrected chi connectivity index (χ4v) is 2.91. The van der Waals surface area contributed by atoms with Crippen molar-refractivity contribution in [2.75, 3.05) is 11.9 Å². The van der Waals surface area contributed by atoms with Crippen molar-refractivity contribution >= 4 is 23.7 Å². The molecule has 1 aromatic carbocycles. The zero-order valence-corrected chi connectivity index (χ0v) is 14.5. The number of hydrogen-bond donors (Lipinski definition) is 1. The average Bonchev–Trinajstić information content (AvgIpc) is 3.29. The van der Waals surface area contributed by atoms with Gasteiger partial charge in [0.1, 0.15) is 18.1 Å². The van der Waals surface area contributed by atoms with Gasteiger partial charge in [-0.1, -0.05) is 17.2 Å². The highest BCUT2D eigenvalue weighted by atomic mass is 16.4.